The highest BCUT2D eigenvalue weighted by atomic mass is 19.2. The second kappa shape index (κ2) is 11.3. The van der Waals surface area contributed by atoms with Crippen molar-refractivity contribution in [1.82, 2.24) is 0 Å². The molecule has 0 bridgehead atoms. The molecule has 0 aromatic heterocycles. The molecule has 2 fully saturated rings. The first-order valence-corrected chi connectivity index (χ1v) is 11.4. The van der Waals surface area contributed by atoms with E-state index in [0.29, 0.717) is 30.6 Å². The van der Waals surface area contributed by atoms with E-state index in [1.807, 2.05) is 0 Å². The van der Waals surface area contributed by atoms with Crippen LogP contribution in [0.15, 0.2) is 18.2 Å². The average molecular weight is 395 g/mol. The maximum absolute atomic E-state index is 13.4. The highest BCUT2D eigenvalue weighted by molar-refractivity contribution is 5.19. The lowest BCUT2D eigenvalue weighted by atomic mass is 9.74. The fourth-order valence-corrected chi connectivity index (χ4v) is 4.80. The zero-order chi connectivity index (χ0) is 19.8. The molecule has 2 aliphatic rings. The molecule has 1 saturated carbocycles. The average Bonchev–Trinajstić information content (AvgIpc) is 2.73. The zero-order valence-electron chi connectivity index (χ0n) is 17.3. The molecule has 0 atom stereocenters. The molecule has 0 spiro atoms. The summed E-state index contributed by atoms with van der Waals surface area (Å²) in [6.07, 6.45) is 14.3. The molecule has 0 unspecified atom stereocenters. The van der Waals surface area contributed by atoms with Crippen molar-refractivity contribution in [2.45, 2.75) is 83.8 Å². The first-order chi connectivity index (χ1) is 13.7. The first kappa shape index (κ1) is 21.7. The fraction of sp³-hybridized carbons (Fsp3) is 0.750. The monoisotopic (exact) mass is 394 g/mol. The second-order valence-corrected chi connectivity index (χ2v) is 8.77. The van der Waals surface area contributed by atoms with Crippen LogP contribution in [-0.4, -0.2) is 13.2 Å². The summed E-state index contributed by atoms with van der Waals surface area (Å²) in [5, 5.41) is 0. The summed E-state index contributed by atoms with van der Waals surface area (Å²) in [5.41, 5.74) is 0.556. The summed E-state index contributed by atoms with van der Waals surface area (Å²) in [6, 6.07) is 3.85. The maximum atomic E-state index is 13.4. The third kappa shape index (κ3) is 6.25. The van der Waals surface area contributed by atoms with Gasteiger partial charge in [-0.3, -0.25) is 0 Å². The number of rotatable bonds is 9. The van der Waals surface area contributed by atoms with Crippen LogP contribution in [0.5, 0.6) is 0 Å². The van der Waals surface area contributed by atoms with Crippen molar-refractivity contribution in [2.75, 3.05) is 13.2 Å². The molecule has 1 saturated heterocycles. The van der Waals surface area contributed by atoms with Crippen LogP contribution < -0.4 is 0 Å². The van der Waals surface area contributed by atoms with E-state index in [4.69, 9.17) is 9.47 Å². The van der Waals surface area contributed by atoms with E-state index in [1.54, 1.807) is 0 Å². The molecule has 0 N–H and O–H groups in total. The Balaban J connectivity index is 1.33. The smallest absolute Gasteiger partial charge is 0.183 e. The van der Waals surface area contributed by atoms with Gasteiger partial charge < -0.3 is 9.47 Å². The third-order valence-electron chi connectivity index (χ3n) is 6.66. The van der Waals surface area contributed by atoms with Crippen molar-refractivity contribution in [2.24, 2.45) is 17.8 Å². The molecule has 3 rings (SSSR count). The van der Waals surface area contributed by atoms with Gasteiger partial charge in [0.2, 0.25) is 0 Å². The van der Waals surface area contributed by atoms with Crippen LogP contribution in [0.3, 0.4) is 0 Å². The standard InChI is InChI=1S/C24H36F2O2/c1-2-3-4-5-6-7-8-18-9-11-19(12-10-18)21-16-27-24(28-17-21)20-13-14-22(25)23(26)15-20/h13-15,18-19,21,24H,2-12,16-17H2,1H3. The Hall–Kier alpha value is -1.00. The van der Waals surface area contributed by atoms with Crippen molar-refractivity contribution in [3.05, 3.63) is 35.4 Å². The van der Waals surface area contributed by atoms with Gasteiger partial charge in [0.05, 0.1) is 13.2 Å². The van der Waals surface area contributed by atoms with Gasteiger partial charge in [-0.15, -0.1) is 0 Å². The number of benzene rings is 1. The van der Waals surface area contributed by atoms with Gasteiger partial charge in [-0.05, 0) is 36.8 Å². The molecule has 2 nitrogen and oxygen atoms in total. The molecule has 1 aliphatic carbocycles. The number of hydrogen-bond acceptors (Lipinski definition) is 2. The third-order valence-corrected chi connectivity index (χ3v) is 6.66. The van der Waals surface area contributed by atoms with Crippen molar-refractivity contribution >= 4 is 0 Å². The minimum atomic E-state index is -0.851. The molecule has 1 heterocycles. The summed E-state index contributed by atoms with van der Waals surface area (Å²) >= 11 is 0. The molecule has 1 aliphatic heterocycles. The molecular formula is C24H36F2O2. The fourth-order valence-electron chi connectivity index (χ4n) is 4.80. The predicted octanol–water partition coefficient (Wildman–Crippen LogP) is 7.18. The molecule has 158 valence electrons. The molecule has 4 heteroatoms. The van der Waals surface area contributed by atoms with Gasteiger partial charge in [-0.2, -0.15) is 0 Å². The number of unbranched alkanes of at least 4 members (excludes halogenated alkanes) is 5. The lowest BCUT2D eigenvalue weighted by Crippen LogP contribution is -2.34. The number of halogens is 2. The number of hydrogen-bond donors (Lipinski definition) is 0. The topological polar surface area (TPSA) is 18.5 Å². The van der Waals surface area contributed by atoms with Crippen LogP contribution in [-0.2, 0) is 9.47 Å². The Morgan fingerprint density at radius 3 is 2.18 bits per heavy atom. The summed E-state index contributed by atoms with van der Waals surface area (Å²) in [4.78, 5) is 0. The van der Waals surface area contributed by atoms with E-state index in [2.05, 4.69) is 6.92 Å². The van der Waals surface area contributed by atoms with E-state index < -0.39 is 17.9 Å². The van der Waals surface area contributed by atoms with E-state index in [9.17, 15) is 8.78 Å². The quantitative estimate of drug-likeness (QED) is 0.413. The minimum absolute atomic E-state index is 0.427. The van der Waals surface area contributed by atoms with Gasteiger partial charge in [0.15, 0.2) is 17.9 Å². The van der Waals surface area contributed by atoms with Crippen molar-refractivity contribution < 1.29 is 18.3 Å². The van der Waals surface area contributed by atoms with Crippen LogP contribution in [0.25, 0.3) is 0 Å². The van der Waals surface area contributed by atoms with Crippen molar-refractivity contribution in [3.63, 3.8) is 0 Å². The largest absolute Gasteiger partial charge is 0.348 e. The summed E-state index contributed by atoms with van der Waals surface area (Å²) in [7, 11) is 0. The SMILES string of the molecule is CCCCCCCCC1CCC(C2COC(c3ccc(F)c(F)c3)OC2)CC1. The highest BCUT2D eigenvalue weighted by Gasteiger charge is 2.32. The van der Waals surface area contributed by atoms with Crippen molar-refractivity contribution in [3.8, 4) is 0 Å². The summed E-state index contributed by atoms with van der Waals surface area (Å²) < 4.78 is 38.2. The van der Waals surface area contributed by atoms with E-state index in [-0.39, 0.29) is 0 Å². The Labute approximate surface area is 169 Å². The van der Waals surface area contributed by atoms with Crippen LogP contribution in [0.2, 0.25) is 0 Å². The number of ether oxygens (including phenoxy) is 2. The zero-order valence-corrected chi connectivity index (χ0v) is 17.3. The Bertz CT molecular complexity index is 576. The molecule has 28 heavy (non-hydrogen) atoms. The second-order valence-electron chi connectivity index (χ2n) is 8.77. The molecular weight excluding hydrogens is 358 g/mol. The van der Waals surface area contributed by atoms with Crippen molar-refractivity contribution in [1.29, 1.82) is 0 Å². The summed E-state index contributed by atoms with van der Waals surface area (Å²) in [5.74, 6) is 0.316. The Morgan fingerprint density at radius 1 is 0.821 bits per heavy atom. The van der Waals surface area contributed by atoms with Gasteiger partial charge in [0.1, 0.15) is 0 Å². The van der Waals surface area contributed by atoms with Crippen LogP contribution >= 0.6 is 0 Å². The molecule has 0 amide bonds. The predicted molar refractivity (Wildman–Crippen MR) is 108 cm³/mol. The van der Waals surface area contributed by atoms with Crippen LogP contribution in [0.4, 0.5) is 8.78 Å². The van der Waals surface area contributed by atoms with E-state index in [0.717, 1.165) is 12.0 Å². The highest BCUT2D eigenvalue weighted by Crippen LogP contribution is 2.38. The summed E-state index contributed by atoms with van der Waals surface area (Å²) in [6.45, 7) is 3.57. The normalized spacial score (nSPS) is 28.4. The Kier molecular flexibility index (Phi) is 8.72. The van der Waals surface area contributed by atoms with Gasteiger partial charge in [0.25, 0.3) is 0 Å². The van der Waals surface area contributed by atoms with Crippen LogP contribution in [0.1, 0.15) is 89.4 Å². The van der Waals surface area contributed by atoms with Crippen LogP contribution in [0, 0.1) is 29.4 Å². The van der Waals surface area contributed by atoms with Gasteiger partial charge in [0, 0.05) is 11.5 Å². The Morgan fingerprint density at radius 2 is 1.50 bits per heavy atom. The van der Waals surface area contributed by atoms with Gasteiger partial charge in [-0.25, -0.2) is 8.78 Å². The molecule has 1 aromatic carbocycles. The maximum Gasteiger partial charge on any atom is 0.183 e. The molecule has 1 aromatic rings. The molecule has 0 radical (unpaired) electrons. The van der Waals surface area contributed by atoms with E-state index in [1.165, 1.54) is 82.8 Å². The lowest BCUT2D eigenvalue weighted by Gasteiger charge is -2.38. The lowest BCUT2D eigenvalue weighted by molar-refractivity contribution is -0.214. The minimum Gasteiger partial charge on any atom is -0.348 e. The van der Waals surface area contributed by atoms with Gasteiger partial charge in [-0.1, -0.05) is 70.8 Å². The van der Waals surface area contributed by atoms with Gasteiger partial charge >= 0.3 is 0 Å². The first-order valence-electron chi connectivity index (χ1n) is 11.4. The van der Waals surface area contributed by atoms with E-state index >= 15 is 0 Å².